The van der Waals surface area contributed by atoms with Gasteiger partial charge in [-0.2, -0.15) is 5.10 Å². The minimum Gasteiger partial charge on any atom is -0.480 e. The molecular weight excluding hydrogens is 294 g/mol. The minimum absolute atomic E-state index is 0.0378. The van der Waals surface area contributed by atoms with Crippen LogP contribution in [0.4, 0.5) is 0 Å². The number of aromatic nitrogens is 4. The number of hydrogen-bond acceptors (Lipinski definition) is 4. The molecule has 0 aromatic carbocycles. The summed E-state index contributed by atoms with van der Waals surface area (Å²) in [6, 6.07) is 0.260. The summed E-state index contributed by atoms with van der Waals surface area (Å²) in [5, 5.41) is 7.30. The van der Waals surface area contributed by atoms with Crippen molar-refractivity contribution in [1.29, 1.82) is 0 Å². The predicted molar refractivity (Wildman–Crippen MR) is 85.1 cm³/mol. The second-order valence-electron chi connectivity index (χ2n) is 6.27. The summed E-state index contributed by atoms with van der Waals surface area (Å²) >= 11 is 0. The molecule has 7 heteroatoms. The maximum atomic E-state index is 12.0. The third-order valence-corrected chi connectivity index (χ3v) is 4.42. The van der Waals surface area contributed by atoms with E-state index in [0.29, 0.717) is 11.7 Å². The molecule has 0 unspecified atom stereocenters. The van der Waals surface area contributed by atoms with Gasteiger partial charge < -0.3 is 14.6 Å². The van der Waals surface area contributed by atoms with Crippen LogP contribution in [0.25, 0.3) is 0 Å². The molecule has 0 bridgehead atoms. The molecule has 0 radical (unpaired) electrons. The highest BCUT2D eigenvalue weighted by atomic mass is 16.5. The Bertz CT molecular complexity index is 671. The molecule has 0 saturated heterocycles. The molecular formula is C16H23N5O2. The number of aryl methyl sites for hydroxylation is 2. The Kier molecular flexibility index (Phi) is 4.36. The van der Waals surface area contributed by atoms with E-state index >= 15 is 0 Å². The average molecular weight is 317 g/mol. The number of hydrogen-bond donors (Lipinski definition) is 1. The zero-order chi connectivity index (χ0) is 16.4. The van der Waals surface area contributed by atoms with Gasteiger partial charge in [0.1, 0.15) is 5.69 Å². The lowest BCUT2D eigenvalue weighted by atomic mass is 9.80. The van der Waals surface area contributed by atoms with Crippen LogP contribution in [0.5, 0.6) is 5.75 Å². The topological polar surface area (TPSA) is 74.0 Å². The van der Waals surface area contributed by atoms with E-state index in [-0.39, 0.29) is 18.6 Å². The smallest absolute Gasteiger partial charge is 0.258 e. The number of imidazole rings is 1. The van der Waals surface area contributed by atoms with Crippen molar-refractivity contribution in [3.8, 4) is 5.75 Å². The molecule has 2 heterocycles. The fraction of sp³-hybridized carbons (Fsp3) is 0.562. The Hall–Kier alpha value is -2.31. The van der Waals surface area contributed by atoms with Gasteiger partial charge in [-0.15, -0.1) is 0 Å². The number of rotatable bonds is 6. The van der Waals surface area contributed by atoms with Gasteiger partial charge in [0.2, 0.25) is 0 Å². The van der Waals surface area contributed by atoms with E-state index in [0.717, 1.165) is 30.8 Å². The first-order chi connectivity index (χ1) is 11.0. The Labute approximate surface area is 135 Å². The van der Waals surface area contributed by atoms with Crippen LogP contribution >= 0.6 is 0 Å². The Balaban J connectivity index is 1.39. The summed E-state index contributed by atoms with van der Waals surface area (Å²) in [5.74, 6) is 1.24. The van der Waals surface area contributed by atoms with Crippen LogP contribution < -0.4 is 10.1 Å². The van der Waals surface area contributed by atoms with Crippen LogP contribution in [-0.4, -0.2) is 37.9 Å². The summed E-state index contributed by atoms with van der Waals surface area (Å²) in [6.45, 7) is 4.82. The first-order valence-electron chi connectivity index (χ1n) is 7.91. The molecule has 0 atom stereocenters. The summed E-state index contributed by atoms with van der Waals surface area (Å²) in [7, 11) is 1.87. The van der Waals surface area contributed by atoms with Gasteiger partial charge in [-0.1, -0.05) is 0 Å². The molecule has 1 fully saturated rings. The third kappa shape index (κ3) is 3.55. The highest BCUT2D eigenvalue weighted by Gasteiger charge is 2.30. The Morgan fingerprint density at radius 2 is 2.22 bits per heavy atom. The first kappa shape index (κ1) is 15.6. The van der Waals surface area contributed by atoms with Crippen LogP contribution in [0, 0.1) is 19.8 Å². The highest BCUT2D eigenvalue weighted by molar-refractivity contribution is 5.78. The fourth-order valence-electron chi connectivity index (χ4n) is 3.07. The predicted octanol–water partition coefficient (Wildman–Crippen LogP) is 1.21. The number of nitrogens with zero attached hydrogens (tertiary/aromatic N) is 4. The molecule has 0 spiro atoms. The largest absolute Gasteiger partial charge is 0.480 e. The number of carbonyl (C=O) groups is 1. The van der Waals surface area contributed by atoms with Gasteiger partial charge in [-0.25, -0.2) is 4.98 Å². The van der Waals surface area contributed by atoms with E-state index in [1.165, 1.54) is 0 Å². The van der Waals surface area contributed by atoms with Crippen LogP contribution in [-0.2, 0) is 18.4 Å². The molecule has 1 amide bonds. The van der Waals surface area contributed by atoms with Crippen molar-refractivity contribution in [1.82, 2.24) is 24.6 Å². The van der Waals surface area contributed by atoms with E-state index in [4.69, 9.17) is 4.74 Å². The van der Waals surface area contributed by atoms with Crippen molar-refractivity contribution >= 4 is 5.91 Å². The van der Waals surface area contributed by atoms with Crippen molar-refractivity contribution < 1.29 is 9.53 Å². The molecule has 1 saturated carbocycles. The zero-order valence-corrected chi connectivity index (χ0v) is 13.8. The Morgan fingerprint density at radius 1 is 1.43 bits per heavy atom. The molecule has 2 aromatic rings. The molecule has 124 valence electrons. The lowest BCUT2D eigenvalue weighted by Crippen LogP contribution is -2.46. The van der Waals surface area contributed by atoms with E-state index < -0.39 is 0 Å². The summed E-state index contributed by atoms with van der Waals surface area (Å²) in [6.07, 6.45) is 7.61. The number of ether oxygens (including phenoxy) is 1. The minimum atomic E-state index is -0.0706. The highest BCUT2D eigenvalue weighted by Crippen LogP contribution is 2.29. The van der Waals surface area contributed by atoms with E-state index in [2.05, 4.69) is 20.0 Å². The average Bonchev–Trinajstić information content (AvgIpc) is 3.05. The van der Waals surface area contributed by atoms with E-state index in [9.17, 15) is 4.79 Å². The molecule has 1 aliphatic rings. The molecule has 23 heavy (non-hydrogen) atoms. The normalized spacial score (nSPS) is 20.1. The molecule has 1 aliphatic carbocycles. The van der Waals surface area contributed by atoms with Crippen molar-refractivity contribution in [2.45, 2.75) is 39.3 Å². The number of amides is 1. The van der Waals surface area contributed by atoms with Crippen molar-refractivity contribution in [2.75, 3.05) is 6.61 Å². The second-order valence-corrected chi connectivity index (χ2v) is 6.27. The van der Waals surface area contributed by atoms with Crippen LogP contribution in [0.15, 0.2) is 18.7 Å². The van der Waals surface area contributed by atoms with Crippen LogP contribution in [0.2, 0.25) is 0 Å². The lowest BCUT2D eigenvalue weighted by Gasteiger charge is -2.35. The standard InChI is InChI=1S/C16H23N5O2/c1-11-16(12(2)20(3)19-11)23-9-15(22)18-14-6-13(7-14)8-21-5-4-17-10-21/h4-5,10,13-14H,6-9H2,1-3H3,(H,18,22). The third-order valence-electron chi connectivity index (χ3n) is 4.42. The van der Waals surface area contributed by atoms with Gasteiger partial charge in [0.25, 0.3) is 5.91 Å². The van der Waals surface area contributed by atoms with Gasteiger partial charge >= 0.3 is 0 Å². The summed E-state index contributed by atoms with van der Waals surface area (Å²) in [4.78, 5) is 16.0. The lowest BCUT2D eigenvalue weighted by molar-refractivity contribution is -0.124. The van der Waals surface area contributed by atoms with Gasteiger partial charge in [-0.05, 0) is 32.6 Å². The van der Waals surface area contributed by atoms with Crippen molar-refractivity contribution in [3.63, 3.8) is 0 Å². The van der Waals surface area contributed by atoms with Gasteiger partial charge in [0.15, 0.2) is 12.4 Å². The van der Waals surface area contributed by atoms with Gasteiger partial charge in [-0.3, -0.25) is 9.48 Å². The molecule has 1 N–H and O–H groups in total. The first-order valence-corrected chi connectivity index (χ1v) is 7.91. The maximum absolute atomic E-state index is 12.0. The summed E-state index contributed by atoms with van der Waals surface area (Å²) < 4.78 is 9.47. The molecule has 2 aromatic heterocycles. The van der Waals surface area contributed by atoms with Crippen LogP contribution in [0.3, 0.4) is 0 Å². The molecule has 3 rings (SSSR count). The summed E-state index contributed by atoms with van der Waals surface area (Å²) in [5.41, 5.74) is 1.74. The van der Waals surface area contributed by atoms with Crippen LogP contribution in [0.1, 0.15) is 24.2 Å². The molecule has 7 nitrogen and oxygen atoms in total. The van der Waals surface area contributed by atoms with Gasteiger partial charge in [0.05, 0.1) is 12.0 Å². The monoisotopic (exact) mass is 317 g/mol. The maximum Gasteiger partial charge on any atom is 0.258 e. The fourth-order valence-corrected chi connectivity index (χ4v) is 3.07. The zero-order valence-electron chi connectivity index (χ0n) is 13.8. The number of carbonyl (C=O) groups excluding carboxylic acids is 1. The van der Waals surface area contributed by atoms with E-state index in [1.807, 2.05) is 33.4 Å². The van der Waals surface area contributed by atoms with E-state index in [1.54, 1.807) is 10.9 Å². The number of nitrogens with one attached hydrogen (secondary N) is 1. The van der Waals surface area contributed by atoms with Crippen molar-refractivity contribution in [3.05, 3.63) is 30.1 Å². The Morgan fingerprint density at radius 3 is 2.83 bits per heavy atom. The van der Waals surface area contributed by atoms with Gasteiger partial charge in [0, 0.05) is 32.0 Å². The van der Waals surface area contributed by atoms with Crippen molar-refractivity contribution in [2.24, 2.45) is 13.0 Å². The SMILES string of the molecule is Cc1nn(C)c(C)c1OCC(=O)NC1CC(Cn2ccnc2)C1. The second kappa shape index (κ2) is 6.44. The quantitative estimate of drug-likeness (QED) is 0.869. The molecule has 0 aliphatic heterocycles.